The van der Waals surface area contributed by atoms with Crippen LogP contribution in [0.5, 0.6) is 0 Å². The van der Waals surface area contributed by atoms with Crippen LogP contribution in [0.15, 0.2) is 73.1 Å². The van der Waals surface area contributed by atoms with Gasteiger partial charge in [-0.3, -0.25) is 4.98 Å². The van der Waals surface area contributed by atoms with Crippen LogP contribution in [0.25, 0.3) is 0 Å². The first-order chi connectivity index (χ1) is 13.8. The van der Waals surface area contributed by atoms with E-state index in [2.05, 4.69) is 65.6 Å². The van der Waals surface area contributed by atoms with Gasteiger partial charge in [0, 0.05) is 18.3 Å². The summed E-state index contributed by atoms with van der Waals surface area (Å²) in [7, 11) is 0. The lowest BCUT2D eigenvalue weighted by molar-refractivity contribution is 0.280. The molecule has 0 bridgehead atoms. The first-order valence-electron chi connectivity index (χ1n) is 10.5. The predicted octanol–water partition coefficient (Wildman–Crippen LogP) is 5.68. The van der Waals surface area contributed by atoms with Crippen molar-refractivity contribution in [3.8, 4) is 0 Å². The summed E-state index contributed by atoms with van der Waals surface area (Å²) in [6.45, 7) is 0.128. The quantitative estimate of drug-likeness (QED) is 0.579. The highest BCUT2D eigenvalue weighted by molar-refractivity contribution is 5.40. The van der Waals surface area contributed by atoms with Crippen molar-refractivity contribution in [3.05, 3.63) is 101 Å². The largest absolute Gasteiger partial charge is 0.392 e. The highest BCUT2D eigenvalue weighted by Gasteiger charge is 2.20. The number of nitrogens with zero attached hydrogens (tertiary/aromatic N) is 1. The Balaban J connectivity index is 1.68. The third-order valence-electron chi connectivity index (χ3n) is 6.18. The van der Waals surface area contributed by atoms with Crippen molar-refractivity contribution in [1.29, 1.82) is 0 Å². The molecule has 28 heavy (non-hydrogen) atoms. The molecule has 0 unspecified atom stereocenters. The molecule has 1 saturated carbocycles. The Morgan fingerprint density at radius 3 is 2.32 bits per heavy atom. The minimum absolute atomic E-state index is 0.128. The Morgan fingerprint density at radius 1 is 0.857 bits per heavy atom. The van der Waals surface area contributed by atoms with Gasteiger partial charge in [0.15, 0.2) is 0 Å². The van der Waals surface area contributed by atoms with E-state index in [1.807, 2.05) is 12.4 Å². The number of aromatic nitrogens is 1. The normalized spacial score (nSPS) is 15.6. The molecule has 1 fully saturated rings. The highest BCUT2D eigenvalue weighted by atomic mass is 16.3. The second kappa shape index (κ2) is 9.16. The molecule has 2 heteroatoms. The van der Waals surface area contributed by atoms with Crippen molar-refractivity contribution in [2.45, 2.75) is 51.0 Å². The lowest BCUT2D eigenvalue weighted by Gasteiger charge is -2.21. The number of hydrogen-bond acceptors (Lipinski definition) is 2. The zero-order chi connectivity index (χ0) is 19.2. The van der Waals surface area contributed by atoms with E-state index in [0.717, 1.165) is 24.3 Å². The zero-order valence-electron chi connectivity index (χ0n) is 16.4. The number of rotatable bonds is 7. The van der Waals surface area contributed by atoms with Gasteiger partial charge in [0.25, 0.3) is 0 Å². The molecule has 1 aromatic heterocycles. The number of aliphatic hydroxyl groups is 1. The molecule has 144 valence electrons. The molecule has 2 aromatic carbocycles. The highest BCUT2D eigenvalue weighted by Crippen LogP contribution is 2.33. The summed E-state index contributed by atoms with van der Waals surface area (Å²) in [5.74, 6) is 1.08. The van der Waals surface area contributed by atoms with Crippen molar-refractivity contribution in [2.24, 2.45) is 5.92 Å². The minimum atomic E-state index is 0.128. The van der Waals surface area contributed by atoms with Crippen LogP contribution in [0.1, 0.15) is 59.4 Å². The first kappa shape index (κ1) is 18.9. The van der Waals surface area contributed by atoms with Gasteiger partial charge in [-0.25, -0.2) is 0 Å². The molecular formula is C26H29NO. The summed E-state index contributed by atoms with van der Waals surface area (Å²) in [6, 6.07) is 21.7. The lowest BCUT2D eigenvalue weighted by atomic mass is 9.83. The van der Waals surface area contributed by atoms with Gasteiger partial charge in [-0.2, -0.15) is 0 Å². The van der Waals surface area contributed by atoms with E-state index in [0.29, 0.717) is 5.92 Å². The number of benzene rings is 2. The maximum atomic E-state index is 9.87. The van der Waals surface area contributed by atoms with E-state index in [-0.39, 0.29) is 6.61 Å². The molecule has 0 saturated heterocycles. The van der Waals surface area contributed by atoms with Gasteiger partial charge in [0.05, 0.1) is 6.61 Å². The Labute approximate surface area is 168 Å². The molecule has 1 aliphatic carbocycles. The van der Waals surface area contributed by atoms with E-state index in [9.17, 15) is 5.11 Å². The summed E-state index contributed by atoms with van der Waals surface area (Å²) in [4.78, 5) is 4.16. The van der Waals surface area contributed by atoms with Crippen LogP contribution in [0.4, 0.5) is 0 Å². The average Bonchev–Trinajstić information content (AvgIpc) is 3.26. The third-order valence-corrected chi connectivity index (χ3v) is 6.18. The fourth-order valence-corrected chi connectivity index (χ4v) is 4.60. The van der Waals surface area contributed by atoms with Crippen LogP contribution in [0.2, 0.25) is 0 Å². The standard InChI is InChI=1S/C26H29NO/c28-19-24-11-10-23(18-25(24)16-20-6-4-5-7-20)26(22-8-2-1-3-9-22)17-21-12-14-27-15-13-21/h1-3,8-15,18,20,26,28H,4-7,16-17,19H2/t26-/m0/s1. The van der Waals surface area contributed by atoms with Crippen LogP contribution in [-0.2, 0) is 19.4 Å². The Bertz CT molecular complexity index is 869. The third kappa shape index (κ3) is 4.51. The number of aliphatic hydroxyl groups excluding tert-OH is 1. The Hall–Kier alpha value is -2.45. The monoisotopic (exact) mass is 371 g/mol. The molecule has 1 heterocycles. The molecule has 4 rings (SSSR count). The van der Waals surface area contributed by atoms with Crippen molar-refractivity contribution in [2.75, 3.05) is 0 Å². The molecule has 1 atom stereocenters. The van der Waals surface area contributed by atoms with Crippen molar-refractivity contribution >= 4 is 0 Å². The van der Waals surface area contributed by atoms with Gasteiger partial charge in [0.2, 0.25) is 0 Å². The zero-order valence-corrected chi connectivity index (χ0v) is 16.4. The fraction of sp³-hybridized carbons (Fsp3) is 0.346. The maximum absolute atomic E-state index is 9.87. The molecule has 1 aliphatic rings. The van der Waals surface area contributed by atoms with Gasteiger partial charge in [-0.1, -0.05) is 74.2 Å². The fourth-order valence-electron chi connectivity index (χ4n) is 4.60. The molecule has 0 radical (unpaired) electrons. The minimum Gasteiger partial charge on any atom is -0.392 e. The van der Waals surface area contributed by atoms with Gasteiger partial charge in [-0.15, -0.1) is 0 Å². The summed E-state index contributed by atoms with van der Waals surface area (Å²) in [5, 5.41) is 9.87. The summed E-state index contributed by atoms with van der Waals surface area (Å²) >= 11 is 0. The van der Waals surface area contributed by atoms with E-state index in [1.165, 1.54) is 47.9 Å². The molecule has 3 aromatic rings. The number of hydrogen-bond donors (Lipinski definition) is 1. The molecule has 0 amide bonds. The predicted molar refractivity (Wildman–Crippen MR) is 114 cm³/mol. The molecular weight excluding hydrogens is 342 g/mol. The topological polar surface area (TPSA) is 33.1 Å². The summed E-state index contributed by atoms with van der Waals surface area (Å²) in [5.41, 5.74) is 6.40. The van der Waals surface area contributed by atoms with Gasteiger partial charge >= 0.3 is 0 Å². The molecule has 1 N–H and O–H groups in total. The Kier molecular flexibility index (Phi) is 6.18. The van der Waals surface area contributed by atoms with E-state index >= 15 is 0 Å². The van der Waals surface area contributed by atoms with Gasteiger partial charge < -0.3 is 5.11 Å². The van der Waals surface area contributed by atoms with Crippen LogP contribution in [-0.4, -0.2) is 10.1 Å². The SMILES string of the molecule is OCc1ccc([C@@H](Cc2ccncc2)c2ccccc2)cc1CC1CCCC1. The van der Waals surface area contributed by atoms with Crippen molar-refractivity contribution in [1.82, 2.24) is 4.98 Å². The summed E-state index contributed by atoms with van der Waals surface area (Å²) in [6.07, 6.45) is 11.2. The van der Waals surface area contributed by atoms with Crippen LogP contribution in [0, 0.1) is 5.92 Å². The van der Waals surface area contributed by atoms with Gasteiger partial charge in [-0.05, 0) is 58.7 Å². The van der Waals surface area contributed by atoms with Crippen LogP contribution < -0.4 is 0 Å². The molecule has 0 aliphatic heterocycles. The number of pyridine rings is 1. The van der Waals surface area contributed by atoms with E-state index < -0.39 is 0 Å². The second-order valence-electron chi connectivity index (χ2n) is 8.06. The average molecular weight is 372 g/mol. The first-order valence-corrected chi connectivity index (χ1v) is 10.5. The van der Waals surface area contributed by atoms with Crippen LogP contribution >= 0.6 is 0 Å². The Morgan fingerprint density at radius 2 is 1.61 bits per heavy atom. The molecule has 2 nitrogen and oxygen atoms in total. The van der Waals surface area contributed by atoms with Crippen molar-refractivity contribution in [3.63, 3.8) is 0 Å². The van der Waals surface area contributed by atoms with Crippen molar-refractivity contribution < 1.29 is 5.11 Å². The molecule has 0 spiro atoms. The second-order valence-corrected chi connectivity index (χ2v) is 8.06. The smallest absolute Gasteiger partial charge is 0.0684 e. The van der Waals surface area contributed by atoms with Gasteiger partial charge in [0.1, 0.15) is 0 Å². The lowest BCUT2D eigenvalue weighted by Crippen LogP contribution is -2.09. The maximum Gasteiger partial charge on any atom is 0.0684 e. The summed E-state index contributed by atoms with van der Waals surface area (Å²) < 4.78 is 0. The van der Waals surface area contributed by atoms with E-state index in [4.69, 9.17) is 0 Å². The van der Waals surface area contributed by atoms with E-state index in [1.54, 1.807) is 0 Å². The van der Waals surface area contributed by atoms with Crippen LogP contribution in [0.3, 0.4) is 0 Å².